The zero-order valence-electron chi connectivity index (χ0n) is 18.4. The Labute approximate surface area is 197 Å². The van der Waals surface area contributed by atoms with E-state index in [0.29, 0.717) is 21.8 Å². The molecule has 0 fully saturated rings. The predicted octanol–water partition coefficient (Wildman–Crippen LogP) is 3.56. The molecule has 0 radical (unpaired) electrons. The summed E-state index contributed by atoms with van der Waals surface area (Å²) in [6.07, 6.45) is 8.70. The van der Waals surface area contributed by atoms with Crippen LogP contribution in [0.3, 0.4) is 0 Å². The van der Waals surface area contributed by atoms with Crippen molar-refractivity contribution in [2.24, 2.45) is 0 Å². The molecule has 176 valence electrons. The quantitative estimate of drug-likeness (QED) is 0.339. The highest BCUT2D eigenvalue weighted by molar-refractivity contribution is 7.18. The Morgan fingerprint density at radius 2 is 2.06 bits per heavy atom. The molecule has 0 saturated carbocycles. The van der Waals surface area contributed by atoms with Crippen LogP contribution in [-0.4, -0.2) is 30.3 Å². The molecule has 1 N–H and O–H groups in total. The Morgan fingerprint density at radius 3 is 2.82 bits per heavy atom. The molecule has 0 atom stereocenters. The molecule has 0 aliphatic heterocycles. The van der Waals surface area contributed by atoms with E-state index < -0.39 is 10.8 Å². The summed E-state index contributed by atoms with van der Waals surface area (Å²) in [6.45, 7) is 1.80. The summed E-state index contributed by atoms with van der Waals surface area (Å²) in [7, 11) is 0. The average Bonchev–Trinajstić information content (AvgIpc) is 3.51. The number of thiophene rings is 1. The summed E-state index contributed by atoms with van der Waals surface area (Å²) in [4.78, 5) is 43.0. The number of hydrogen-bond acceptors (Lipinski definition) is 8. The lowest BCUT2D eigenvalue weighted by molar-refractivity contribution is -0.385. The molecule has 0 unspecified atom stereocenters. The first kappa shape index (κ1) is 22.0. The Bertz CT molecular complexity index is 1460. The highest BCUT2D eigenvalue weighted by atomic mass is 32.1. The molecule has 4 aromatic rings. The van der Waals surface area contributed by atoms with Crippen molar-refractivity contribution in [2.45, 2.75) is 52.0 Å². The van der Waals surface area contributed by atoms with Crippen molar-refractivity contribution in [1.29, 1.82) is 0 Å². The number of carbonyl (C=O) groups excluding carboxylic acids is 1. The van der Waals surface area contributed by atoms with Crippen molar-refractivity contribution in [1.82, 2.24) is 19.4 Å². The van der Waals surface area contributed by atoms with Gasteiger partial charge in [0.25, 0.3) is 5.56 Å². The van der Waals surface area contributed by atoms with Gasteiger partial charge in [0.15, 0.2) is 5.76 Å². The standard InChI is InChI=1S/C22H22N6O5S/c1-13-24-21-19(16-6-4-2-3-5-7-18(16)34-21)22(30)27(13)25-20(29)17-9-8-15(33-17)12-26-11-14(10-23-26)28(31)32/h8-11H,2-7,12H2,1H3,(H,25,29). The van der Waals surface area contributed by atoms with Crippen LogP contribution in [-0.2, 0) is 19.4 Å². The van der Waals surface area contributed by atoms with E-state index in [0.717, 1.165) is 43.9 Å². The number of carbonyl (C=O) groups is 1. The van der Waals surface area contributed by atoms with E-state index in [1.807, 2.05) is 0 Å². The van der Waals surface area contributed by atoms with Gasteiger partial charge in [-0.1, -0.05) is 12.8 Å². The van der Waals surface area contributed by atoms with E-state index in [4.69, 9.17) is 4.42 Å². The third-order valence-electron chi connectivity index (χ3n) is 5.90. The molecule has 12 heteroatoms. The second-order valence-electron chi connectivity index (χ2n) is 8.26. The fourth-order valence-electron chi connectivity index (χ4n) is 4.23. The predicted molar refractivity (Wildman–Crippen MR) is 125 cm³/mol. The molecule has 1 amide bonds. The van der Waals surface area contributed by atoms with Crippen molar-refractivity contribution < 1.29 is 14.1 Å². The highest BCUT2D eigenvalue weighted by Crippen LogP contribution is 2.32. The van der Waals surface area contributed by atoms with Gasteiger partial charge >= 0.3 is 11.6 Å². The molecule has 5 rings (SSSR count). The first-order valence-electron chi connectivity index (χ1n) is 11.0. The fraction of sp³-hybridized carbons (Fsp3) is 0.364. The SMILES string of the molecule is Cc1nc2sc3c(c2c(=O)n1NC(=O)c1ccc(Cn2cc([N+](=O)[O-])cn2)o1)CCCCCC3. The lowest BCUT2D eigenvalue weighted by atomic mass is 9.98. The van der Waals surface area contributed by atoms with Gasteiger partial charge in [-0.25, -0.2) is 9.66 Å². The highest BCUT2D eigenvalue weighted by Gasteiger charge is 2.22. The smallest absolute Gasteiger partial charge is 0.307 e. The molecule has 0 spiro atoms. The number of rotatable bonds is 5. The van der Waals surface area contributed by atoms with Crippen molar-refractivity contribution >= 4 is 33.1 Å². The maximum Gasteiger partial charge on any atom is 0.307 e. The van der Waals surface area contributed by atoms with E-state index in [1.54, 1.807) is 24.3 Å². The maximum absolute atomic E-state index is 13.4. The van der Waals surface area contributed by atoms with Crippen molar-refractivity contribution in [3.63, 3.8) is 0 Å². The Hall–Kier alpha value is -3.80. The maximum atomic E-state index is 13.4. The van der Waals surface area contributed by atoms with Gasteiger partial charge in [-0.3, -0.25) is 29.8 Å². The zero-order chi connectivity index (χ0) is 23.8. The monoisotopic (exact) mass is 482 g/mol. The number of amides is 1. The average molecular weight is 483 g/mol. The second kappa shape index (κ2) is 8.86. The molecule has 1 aliphatic rings. The first-order valence-corrected chi connectivity index (χ1v) is 11.8. The van der Waals surface area contributed by atoms with Gasteiger partial charge in [0, 0.05) is 4.88 Å². The van der Waals surface area contributed by atoms with Gasteiger partial charge in [0.1, 0.15) is 28.8 Å². The van der Waals surface area contributed by atoms with Crippen molar-refractivity contribution in [3.8, 4) is 0 Å². The van der Waals surface area contributed by atoms with E-state index in [9.17, 15) is 19.7 Å². The number of nitro groups is 1. The minimum atomic E-state index is -0.595. The van der Waals surface area contributed by atoms with Crippen LogP contribution in [0, 0.1) is 17.0 Å². The van der Waals surface area contributed by atoms with E-state index >= 15 is 0 Å². The van der Waals surface area contributed by atoms with Gasteiger partial charge in [0.2, 0.25) is 0 Å². The number of fused-ring (bicyclic) bond motifs is 3. The topological polar surface area (TPSA) is 138 Å². The molecule has 34 heavy (non-hydrogen) atoms. The Kier molecular flexibility index (Phi) is 5.74. The minimum Gasteiger partial charge on any atom is -0.454 e. The molecular formula is C22H22N6O5S. The summed E-state index contributed by atoms with van der Waals surface area (Å²) in [5.74, 6) is 0.182. The van der Waals surface area contributed by atoms with Gasteiger partial charge in [-0.05, 0) is 50.3 Å². The van der Waals surface area contributed by atoms with Crippen LogP contribution in [0.4, 0.5) is 5.69 Å². The number of furan rings is 1. The summed E-state index contributed by atoms with van der Waals surface area (Å²) in [6, 6.07) is 3.07. The molecule has 0 bridgehead atoms. The molecular weight excluding hydrogens is 460 g/mol. The molecule has 1 aliphatic carbocycles. The molecule has 0 aromatic carbocycles. The van der Waals surface area contributed by atoms with Crippen LogP contribution in [0.5, 0.6) is 0 Å². The number of aromatic nitrogens is 4. The first-order chi connectivity index (χ1) is 16.4. The third-order valence-corrected chi connectivity index (χ3v) is 7.09. The zero-order valence-corrected chi connectivity index (χ0v) is 19.3. The van der Waals surface area contributed by atoms with Gasteiger partial charge in [0.05, 0.1) is 16.9 Å². The van der Waals surface area contributed by atoms with E-state index in [-0.39, 0.29) is 23.6 Å². The van der Waals surface area contributed by atoms with E-state index in [2.05, 4.69) is 15.5 Å². The second-order valence-corrected chi connectivity index (χ2v) is 9.34. The number of aryl methyl sites for hydroxylation is 3. The molecule has 4 aromatic heterocycles. The Balaban J connectivity index is 1.39. The van der Waals surface area contributed by atoms with E-state index in [1.165, 1.54) is 32.9 Å². The normalized spacial score (nSPS) is 13.9. The number of hydrogen-bond donors (Lipinski definition) is 1. The summed E-state index contributed by atoms with van der Waals surface area (Å²) < 4.78 is 8.11. The summed E-state index contributed by atoms with van der Waals surface area (Å²) >= 11 is 1.58. The van der Waals surface area contributed by atoms with Crippen LogP contribution in [0.15, 0.2) is 33.7 Å². The number of nitrogens with one attached hydrogen (secondary N) is 1. The van der Waals surface area contributed by atoms with Crippen molar-refractivity contribution in [3.05, 3.63) is 72.8 Å². The van der Waals surface area contributed by atoms with Crippen LogP contribution < -0.4 is 11.0 Å². The molecule has 11 nitrogen and oxygen atoms in total. The Morgan fingerprint density at radius 1 is 1.26 bits per heavy atom. The van der Waals surface area contributed by atoms with Gasteiger partial charge < -0.3 is 4.42 Å². The lowest BCUT2D eigenvalue weighted by Gasteiger charge is -2.11. The van der Waals surface area contributed by atoms with Gasteiger partial charge in [-0.15, -0.1) is 11.3 Å². The summed E-state index contributed by atoms with van der Waals surface area (Å²) in [5.41, 5.74) is 3.25. The lowest BCUT2D eigenvalue weighted by Crippen LogP contribution is -2.35. The van der Waals surface area contributed by atoms with Crippen molar-refractivity contribution in [2.75, 3.05) is 5.43 Å². The minimum absolute atomic E-state index is 0.00341. The fourth-order valence-corrected chi connectivity index (χ4v) is 5.52. The summed E-state index contributed by atoms with van der Waals surface area (Å²) in [5, 5.41) is 15.3. The molecule has 0 saturated heterocycles. The van der Waals surface area contributed by atoms with Crippen LogP contribution in [0.2, 0.25) is 0 Å². The number of nitrogens with zero attached hydrogens (tertiary/aromatic N) is 5. The van der Waals surface area contributed by atoms with Crippen LogP contribution in [0.25, 0.3) is 10.2 Å². The van der Waals surface area contributed by atoms with Crippen LogP contribution in [0.1, 0.15) is 58.3 Å². The largest absolute Gasteiger partial charge is 0.454 e. The third kappa shape index (κ3) is 4.12. The van der Waals surface area contributed by atoms with Gasteiger partial charge in [-0.2, -0.15) is 5.10 Å². The van der Waals surface area contributed by atoms with Crippen LogP contribution >= 0.6 is 11.3 Å². The molecule has 4 heterocycles.